The van der Waals surface area contributed by atoms with Crippen LogP contribution in [0.4, 0.5) is 0 Å². The smallest absolute Gasteiger partial charge is 0.315 e. The van der Waals surface area contributed by atoms with Crippen LogP contribution in [0.5, 0.6) is 23.0 Å². The summed E-state index contributed by atoms with van der Waals surface area (Å²) in [7, 11) is 3.10. The van der Waals surface area contributed by atoms with Gasteiger partial charge in [-0.15, -0.1) is 0 Å². The first-order chi connectivity index (χ1) is 15.9. The van der Waals surface area contributed by atoms with Gasteiger partial charge >= 0.3 is 5.97 Å². The van der Waals surface area contributed by atoms with Gasteiger partial charge in [0.1, 0.15) is 23.0 Å². The number of ketones is 1. The summed E-state index contributed by atoms with van der Waals surface area (Å²) >= 11 is 5.88. The quantitative estimate of drug-likeness (QED) is 0.275. The molecule has 7 heteroatoms. The number of benzene rings is 3. The number of carbonyl (C=O) groups is 2. The van der Waals surface area contributed by atoms with Crippen molar-refractivity contribution >= 4 is 29.4 Å². The molecule has 1 aliphatic heterocycles. The Morgan fingerprint density at radius 1 is 1.00 bits per heavy atom. The molecule has 33 heavy (non-hydrogen) atoms. The summed E-state index contributed by atoms with van der Waals surface area (Å²) in [6.45, 7) is 1.77. The Morgan fingerprint density at radius 3 is 2.45 bits per heavy atom. The van der Waals surface area contributed by atoms with Crippen LogP contribution >= 0.6 is 11.6 Å². The van der Waals surface area contributed by atoms with Crippen molar-refractivity contribution in [3.63, 3.8) is 0 Å². The number of allylic oxidation sites excluding steroid dienone is 1. The number of fused-ring (bicyclic) bond motifs is 1. The second-order valence-electron chi connectivity index (χ2n) is 7.44. The van der Waals surface area contributed by atoms with Gasteiger partial charge in [-0.05, 0) is 54.5 Å². The third kappa shape index (κ3) is 4.86. The van der Waals surface area contributed by atoms with Crippen molar-refractivity contribution in [2.45, 2.75) is 13.3 Å². The standard InChI is InChI=1S/C26H21ClO6/c1-15-10-20(32-24(28)11-16-4-7-18(27)8-5-16)14-22-25(15)26(29)23(33-22)12-17-6-9-19(30-2)13-21(17)31-3/h4-10,12-14H,11H2,1-3H3/b23-12-. The van der Waals surface area contributed by atoms with Crippen molar-refractivity contribution in [3.8, 4) is 23.0 Å². The molecule has 0 saturated carbocycles. The lowest BCUT2D eigenvalue weighted by Gasteiger charge is -2.08. The van der Waals surface area contributed by atoms with E-state index < -0.39 is 5.97 Å². The summed E-state index contributed by atoms with van der Waals surface area (Å²) in [4.78, 5) is 25.3. The second kappa shape index (κ2) is 9.38. The Kier molecular flexibility index (Phi) is 6.38. The van der Waals surface area contributed by atoms with Gasteiger partial charge in [0.2, 0.25) is 5.78 Å². The topological polar surface area (TPSA) is 71.1 Å². The maximum Gasteiger partial charge on any atom is 0.315 e. The first-order valence-electron chi connectivity index (χ1n) is 10.1. The number of aryl methyl sites for hydroxylation is 1. The van der Waals surface area contributed by atoms with Crippen LogP contribution in [-0.2, 0) is 11.2 Å². The Hall–Kier alpha value is -3.77. The highest BCUT2D eigenvalue weighted by molar-refractivity contribution is 6.30. The van der Waals surface area contributed by atoms with Crippen LogP contribution in [0.15, 0.2) is 60.4 Å². The fraction of sp³-hybridized carbons (Fsp3) is 0.154. The number of Topliss-reactive ketones (excluding diaryl/α,β-unsaturated/α-hetero) is 1. The molecule has 0 spiro atoms. The molecule has 0 bridgehead atoms. The van der Waals surface area contributed by atoms with Crippen LogP contribution in [0, 0.1) is 6.92 Å². The fourth-order valence-corrected chi connectivity index (χ4v) is 3.68. The minimum absolute atomic E-state index is 0.0928. The molecule has 0 unspecified atom stereocenters. The first kappa shape index (κ1) is 22.4. The van der Waals surface area contributed by atoms with E-state index >= 15 is 0 Å². The molecule has 0 aliphatic carbocycles. The molecule has 168 valence electrons. The maximum atomic E-state index is 13.0. The lowest BCUT2D eigenvalue weighted by molar-refractivity contribution is -0.133. The van der Waals surface area contributed by atoms with Crippen molar-refractivity contribution in [2.75, 3.05) is 14.2 Å². The number of rotatable bonds is 6. The van der Waals surface area contributed by atoms with Gasteiger partial charge in [0.05, 0.1) is 26.2 Å². The predicted molar refractivity (Wildman–Crippen MR) is 124 cm³/mol. The zero-order chi connectivity index (χ0) is 23.5. The second-order valence-corrected chi connectivity index (χ2v) is 7.87. The molecule has 1 aliphatic rings. The molecule has 4 rings (SSSR count). The summed E-state index contributed by atoms with van der Waals surface area (Å²) in [5.41, 5.74) is 2.54. The summed E-state index contributed by atoms with van der Waals surface area (Å²) in [5, 5.41) is 0.597. The van der Waals surface area contributed by atoms with Gasteiger partial charge in [-0.25, -0.2) is 0 Å². The van der Waals surface area contributed by atoms with Crippen LogP contribution in [0.1, 0.15) is 27.0 Å². The highest BCUT2D eigenvalue weighted by atomic mass is 35.5. The Morgan fingerprint density at radius 2 is 1.76 bits per heavy atom. The van der Waals surface area contributed by atoms with Crippen molar-refractivity contribution in [1.29, 1.82) is 0 Å². The Balaban J connectivity index is 1.55. The normalized spacial score (nSPS) is 13.5. The molecule has 6 nitrogen and oxygen atoms in total. The lowest BCUT2D eigenvalue weighted by atomic mass is 10.0. The minimum atomic E-state index is -0.431. The van der Waals surface area contributed by atoms with E-state index in [1.807, 2.05) is 0 Å². The van der Waals surface area contributed by atoms with E-state index in [0.717, 1.165) is 5.56 Å². The number of hydrogen-bond donors (Lipinski definition) is 0. The Bertz CT molecular complexity index is 1260. The van der Waals surface area contributed by atoms with E-state index in [1.165, 1.54) is 7.11 Å². The molecule has 0 N–H and O–H groups in total. The highest BCUT2D eigenvalue weighted by Crippen LogP contribution is 2.38. The summed E-state index contributed by atoms with van der Waals surface area (Å²) in [6, 6.07) is 15.4. The predicted octanol–water partition coefficient (Wildman–Crippen LogP) is 5.43. The molecule has 0 amide bonds. The number of esters is 1. The molecular weight excluding hydrogens is 444 g/mol. The van der Waals surface area contributed by atoms with E-state index in [9.17, 15) is 9.59 Å². The molecule has 1 heterocycles. The lowest BCUT2D eigenvalue weighted by Crippen LogP contribution is -2.11. The average Bonchev–Trinajstić information content (AvgIpc) is 3.10. The minimum Gasteiger partial charge on any atom is -0.497 e. The van der Waals surface area contributed by atoms with E-state index in [-0.39, 0.29) is 18.0 Å². The molecule has 0 fully saturated rings. The van der Waals surface area contributed by atoms with Gasteiger partial charge in [-0.2, -0.15) is 0 Å². The number of carbonyl (C=O) groups excluding carboxylic acids is 2. The summed E-state index contributed by atoms with van der Waals surface area (Å²) in [5.74, 6) is 1.30. The van der Waals surface area contributed by atoms with E-state index in [4.69, 9.17) is 30.5 Å². The molecule has 3 aromatic rings. The number of methoxy groups -OCH3 is 2. The van der Waals surface area contributed by atoms with Crippen molar-refractivity contribution in [2.24, 2.45) is 0 Å². The van der Waals surface area contributed by atoms with Crippen LogP contribution < -0.4 is 18.9 Å². The Labute approximate surface area is 196 Å². The van der Waals surface area contributed by atoms with Crippen molar-refractivity contribution in [3.05, 3.63) is 87.6 Å². The zero-order valence-electron chi connectivity index (χ0n) is 18.3. The van der Waals surface area contributed by atoms with Crippen LogP contribution in [0.2, 0.25) is 5.02 Å². The monoisotopic (exact) mass is 464 g/mol. The maximum absolute atomic E-state index is 13.0. The molecular formula is C26H21ClO6. The van der Waals surface area contributed by atoms with Crippen LogP contribution in [0.25, 0.3) is 6.08 Å². The van der Waals surface area contributed by atoms with Gasteiger partial charge in [0.15, 0.2) is 5.76 Å². The highest BCUT2D eigenvalue weighted by Gasteiger charge is 2.30. The molecule has 0 atom stereocenters. The van der Waals surface area contributed by atoms with Gasteiger partial charge in [0, 0.05) is 22.7 Å². The number of hydrogen-bond acceptors (Lipinski definition) is 6. The first-order valence-corrected chi connectivity index (χ1v) is 10.5. The van der Waals surface area contributed by atoms with Crippen LogP contribution in [0.3, 0.4) is 0 Å². The molecule has 0 saturated heterocycles. The van der Waals surface area contributed by atoms with Gasteiger partial charge in [0.25, 0.3) is 0 Å². The average molecular weight is 465 g/mol. The molecule has 0 aromatic heterocycles. The van der Waals surface area contributed by atoms with Gasteiger partial charge in [-0.3, -0.25) is 9.59 Å². The number of halogens is 1. The SMILES string of the molecule is COc1ccc(/C=C2\Oc3cc(OC(=O)Cc4ccc(Cl)cc4)cc(C)c3C2=O)c(OC)c1. The zero-order valence-corrected chi connectivity index (χ0v) is 19.1. The van der Waals surface area contributed by atoms with E-state index in [1.54, 1.807) is 74.7 Å². The fourth-order valence-electron chi connectivity index (χ4n) is 3.55. The third-order valence-corrected chi connectivity index (χ3v) is 5.42. The van der Waals surface area contributed by atoms with Crippen molar-refractivity contribution in [1.82, 2.24) is 0 Å². The summed E-state index contributed by atoms with van der Waals surface area (Å²) in [6.07, 6.45) is 1.71. The molecule has 3 aromatic carbocycles. The molecule has 0 radical (unpaired) electrons. The largest absolute Gasteiger partial charge is 0.497 e. The van der Waals surface area contributed by atoms with Gasteiger partial charge in [-0.1, -0.05) is 23.7 Å². The van der Waals surface area contributed by atoms with E-state index in [2.05, 4.69) is 0 Å². The summed E-state index contributed by atoms with van der Waals surface area (Å²) < 4.78 is 21.9. The van der Waals surface area contributed by atoms with Gasteiger partial charge < -0.3 is 18.9 Å². The van der Waals surface area contributed by atoms with Crippen molar-refractivity contribution < 1.29 is 28.5 Å². The van der Waals surface area contributed by atoms with E-state index in [0.29, 0.717) is 44.7 Å². The van der Waals surface area contributed by atoms with Crippen LogP contribution in [-0.4, -0.2) is 26.0 Å². The third-order valence-electron chi connectivity index (χ3n) is 5.16. The number of ether oxygens (including phenoxy) is 4.